The molecule has 1 aromatic carbocycles. The minimum Gasteiger partial charge on any atom is -0.508 e. The van der Waals surface area contributed by atoms with Crippen molar-refractivity contribution in [1.82, 2.24) is 10.2 Å². The van der Waals surface area contributed by atoms with E-state index in [1.54, 1.807) is 0 Å². The Morgan fingerprint density at radius 3 is 2.78 bits per heavy atom. The number of hydrogen-bond donors (Lipinski definition) is 2. The molecule has 0 spiro atoms. The molecule has 2 rings (SSSR count). The van der Waals surface area contributed by atoms with Gasteiger partial charge >= 0.3 is 0 Å². The minimum atomic E-state index is -3.73. The first kappa shape index (κ1) is 12.8. The van der Waals surface area contributed by atoms with Gasteiger partial charge in [-0.05, 0) is 18.6 Å². The highest BCUT2D eigenvalue weighted by molar-refractivity contribution is 7.93. The third-order valence-electron chi connectivity index (χ3n) is 2.12. The normalized spacial score (nSPS) is 11.4. The second-order valence-electron chi connectivity index (χ2n) is 3.46. The van der Waals surface area contributed by atoms with Crippen LogP contribution in [0, 0.1) is 0 Å². The maximum Gasteiger partial charge on any atom is 0.263 e. The maximum absolute atomic E-state index is 12.0. The molecule has 0 unspecified atom stereocenters. The van der Waals surface area contributed by atoms with Gasteiger partial charge in [0.15, 0.2) is 0 Å². The topological polar surface area (TPSA) is 92.2 Å². The van der Waals surface area contributed by atoms with E-state index in [2.05, 4.69) is 14.9 Å². The average Bonchev–Trinajstić information content (AvgIpc) is 2.76. The van der Waals surface area contributed by atoms with E-state index in [4.69, 9.17) is 0 Å². The molecule has 1 aromatic heterocycles. The van der Waals surface area contributed by atoms with Crippen molar-refractivity contribution in [2.24, 2.45) is 0 Å². The fourth-order valence-electron chi connectivity index (χ4n) is 1.26. The Hall–Kier alpha value is -1.67. The highest BCUT2D eigenvalue weighted by atomic mass is 32.2. The van der Waals surface area contributed by atoms with E-state index >= 15 is 0 Å². The molecule has 2 N–H and O–H groups in total. The van der Waals surface area contributed by atoms with Crippen LogP contribution < -0.4 is 4.72 Å². The molecule has 0 saturated carbocycles. The van der Waals surface area contributed by atoms with Gasteiger partial charge in [0.1, 0.15) is 10.8 Å². The van der Waals surface area contributed by atoms with Gasteiger partial charge in [-0.15, -0.1) is 10.2 Å². The molecule has 96 valence electrons. The molecule has 0 fully saturated rings. The fraction of sp³-hybridized carbons (Fsp3) is 0.200. The van der Waals surface area contributed by atoms with Crippen molar-refractivity contribution in [2.45, 2.75) is 18.2 Å². The third-order valence-corrected chi connectivity index (χ3v) is 4.57. The summed E-state index contributed by atoms with van der Waals surface area (Å²) < 4.78 is 26.3. The molecule has 0 aliphatic carbocycles. The zero-order chi connectivity index (χ0) is 13.2. The first-order chi connectivity index (χ1) is 8.51. The molecule has 0 bridgehead atoms. The van der Waals surface area contributed by atoms with Crippen LogP contribution in [-0.4, -0.2) is 23.7 Å². The van der Waals surface area contributed by atoms with Gasteiger partial charge in [0.25, 0.3) is 10.0 Å². The standard InChI is InChI=1S/C10H11N3O3S2/c1-2-9-11-12-10(17-9)13-18(15,16)8-5-3-4-7(14)6-8/h3-6,14H,2H2,1H3,(H,12,13). The number of anilines is 1. The highest BCUT2D eigenvalue weighted by Gasteiger charge is 2.16. The molecule has 0 aliphatic heterocycles. The Balaban J connectivity index is 2.27. The lowest BCUT2D eigenvalue weighted by atomic mass is 10.3. The van der Waals surface area contributed by atoms with Crippen LogP contribution in [0.25, 0.3) is 0 Å². The number of sulfonamides is 1. The lowest BCUT2D eigenvalue weighted by Gasteiger charge is -2.04. The molecule has 1 heterocycles. The molecule has 18 heavy (non-hydrogen) atoms. The molecule has 6 nitrogen and oxygen atoms in total. The van der Waals surface area contributed by atoms with Crippen molar-refractivity contribution in [3.8, 4) is 5.75 Å². The van der Waals surface area contributed by atoms with Crippen molar-refractivity contribution in [3.05, 3.63) is 29.3 Å². The van der Waals surface area contributed by atoms with Gasteiger partial charge < -0.3 is 5.11 Å². The summed E-state index contributed by atoms with van der Waals surface area (Å²) >= 11 is 1.18. The summed E-state index contributed by atoms with van der Waals surface area (Å²) in [6.45, 7) is 1.91. The van der Waals surface area contributed by atoms with Crippen molar-refractivity contribution in [3.63, 3.8) is 0 Å². The lowest BCUT2D eigenvalue weighted by molar-refractivity contribution is 0.473. The van der Waals surface area contributed by atoms with E-state index < -0.39 is 10.0 Å². The number of nitrogens with zero attached hydrogens (tertiary/aromatic N) is 2. The number of benzene rings is 1. The second kappa shape index (κ2) is 4.91. The van der Waals surface area contributed by atoms with E-state index in [-0.39, 0.29) is 15.8 Å². The number of aromatic nitrogens is 2. The van der Waals surface area contributed by atoms with Crippen molar-refractivity contribution in [1.29, 1.82) is 0 Å². The summed E-state index contributed by atoms with van der Waals surface area (Å²) in [7, 11) is -3.73. The van der Waals surface area contributed by atoms with Gasteiger partial charge in [0.2, 0.25) is 5.13 Å². The summed E-state index contributed by atoms with van der Waals surface area (Å²) in [6.07, 6.45) is 0.700. The van der Waals surface area contributed by atoms with Crippen LogP contribution in [0.2, 0.25) is 0 Å². The van der Waals surface area contributed by atoms with E-state index in [1.165, 1.54) is 35.6 Å². The molecule has 0 aliphatic rings. The molecule has 8 heteroatoms. The van der Waals surface area contributed by atoms with E-state index in [1.807, 2.05) is 6.92 Å². The molecular weight excluding hydrogens is 274 g/mol. The van der Waals surface area contributed by atoms with Crippen molar-refractivity contribution >= 4 is 26.5 Å². The Morgan fingerprint density at radius 1 is 1.39 bits per heavy atom. The van der Waals surface area contributed by atoms with Gasteiger partial charge in [-0.25, -0.2) is 8.42 Å². The van der Waals surface area contributed by atoms with Crippen LogP contribution in [0.3, 0.4) is 0 Å². The molecule has 0 radical (unpaired) electrons. The minimum absolute atomic E-state index is 0.0178. The monoisotopic (exact) mass is 285 g/mol. The lowest BCUT2D eigenvalue weighted by Crippen LogP contribution is -2.12. The zero-order valence-corrected chi connectivity index (χ0v) is 11.1. The Bertz CT molecular complexity index is 652. The van der Waals surface area contributed by atoms with Gasteiger partial charge in [0.05, 0.1) is 4.90 Å². The second-order valence-corrected chi connectivity index (χ2v) is 6.20. The van der Waals surface area contributed by atoms with Crippen LogP contribution in [-0.2, 0) is 16.4 Å². The Labute approximate surface area is 108 Å². The van der Waals surface area contributed by atoms with Crippen LogP contribution in [0.15, 0.2) is 29.2 Å². The van der Waals surface area contributed by atoms with Crippen LogP contribution in [0.1, 0.15) is 11.9 Å². The molecular formula is C10H11N3O3S2. The summed E-state index contributed by atoms with van der Waals surface area (Å²) in [5.41, 5.74) is 0. The third kappa shape index (κ3) is 2.77. The summed E-state index contributed by atoms with van der Waals surface area (Å²) in [5, 5.41) is 17.8. The first-order valence-electron chi connectivity index (χ1n) is 5.15. The average molecular weight is 285 g/mol. The quantitative estimate of drug-likeness (QED) is 0.890. The SMILES string of the molecule is CCc1nnc(NS(=O)(=O)c2cccc(O)c2)s1. The fourth-order valence-corrected chi connectivity index (χ4v) is 3.21. The number of phenols is 1. The van der Waals surface area contributed by atoms with E-state index in [0.29, 0.717) is 6.42 Å². The summed E-state index contributed by atoms with van der Waals surface area (Å²) in [6, 6.07) is 5.43. The van der Waals surface area contributed by atoms with Crippen LogP contribution in [0.5, 0.6) is 5.75 Å². The Morgan fingerprint density at radius 2 is 2.17 bits per heavy atom. The van der Waals surface area contributed by atoms with Gasteiger partial charge in [0, 0.05) is 6.07 Å². The summed E-state index contributed by atoms with van der Waals surface area (Å²) in [4.78, 5) is -0.0178. The number of rotatable bonds is 4. The number of phenolic OH excluding ortho intramolecular Hbond substituents is 1. The number of aromatic hydroxyl groups is 1. The Kier molecular flexibility index (Phi) is 3.48. The summed E-state index contributed by atoms with van der Waals surface area (Å²) in [5.74, 6) is -0.107. The molecule has 0 atom stereocenters. The zero-order valence-electron chi connectivity index (χ0n) is 9.49. The predicted molar refractivity (Wildman–Crippen MR) is 68.2 cm³/mol. The van der Waals surface area contributed by atoms with Gasteiger partial charge in [-0.3, -0.25) is 4.72 Å². The molecule has 2 aromatic rings. The van der Waals surface area contributed by atoms with Crippen molar-refractivity contribution in [2.75, 3.05) is 4.72 Å². The number of aryl methyl sites for hydroxylation is 1. The number of nitrogens with one attached hydrogen (secondary N) is 1. The maximum atomic E-state index is 12.0. The smallest absolute Gasteiger partial charge is 0.263 e. The molecule has 0 amide bonds. The van der Waals surface area contributed by atoms with Crippen LogP contribution >= 0.6 is 11.3 Å². The largest absolute Gasteiger partial charge is 0.508 e. The van der Waals surface area contributed by atoms with Gasteiger partial charge in [-0.2, -0.15) is 0 Å². The molecule has 0 saturated heterocycles. The van der Waals surface area contributed by atoms with Crippen molar-refractivity contribution < 1.29 is 13.5 Å². The van der Waals surface area contributed by atoms with E-state index in [0.717, 1.165) is 5.01 Å². The van der Waals surface area contributed by atoms with E-state index in [9.17, 15) is 13.5 Å². The number of hydrogen-bond acceptors (Lipinski definition) is 6. The predicted octanol–water partition coefficient (Wildman–Crippen LogP) is 1.61. The van der Waals surface area contributed by atoms with Gasteiger partial charge in [-0.1, -0.05) is 24.3 Å². The van der Waals surface area contributed by atoms with Crippen LogP contribution in [0.4, 0.5) is 5.13 Å². The highest BCUT2D eigenvalue weighted by Crippen LogP contribution is 2.22. The first-order valence-corrected chi connectivity index (χ1v) is 7.45.